The first-order valence-electron chi connectivity index (χ1n) is 22.5. The monoisotopic (exact) mass is 792 g/mol. The number of nitro benzene ring substituents is 1. The van der Waals surface area contributed by atoms with Gasteiger partial charge in [-0.3, -0.25) is 15.0 Å². The maximum atomic E-state index is 12.2. The minimum Gasteiger partial charge on any atom is -0.462 e. The van der Waals surface area contributed by atoms with E-state index < -0.39 is 5.72 Å². The van der Waals surface area contributed by atoms with Crippen LogP contribution in [0.25, 0.3) is 6.08 Å². The van der Waals surface area contributed by atoms with Gasteiger partial charge in [0.25, 0.3) is 5.69 Å². The fraction of sp³-hybridized carbons (Fsp3) is 0.702. The highest BCUT2D eigenvalue weighted by atomic mass is 16.6. The zero-order chi connectivity index (χ0) is 40.2. The number of benzene rings is 2. The number of non-ortho nitro benzene ring substituents is 1. The third kappa shape index (κ3) is 13.0. The second-order valence-corrected chi connectivity index (χ2v) is 16.7. The maximum absolute atomic E-state index is 12.2. The van der Waals surface area contributed by atoms with Crippen molar-refractivity contribution < 1.29 is 28.6 Å². The van der Waals surface area contributed by atoms with Gasteiger partial charge in [-0.05, 0) is 44.1 Å². The van der Waals surface area contributed by atoms with Gasteiger partial charge in [0.1, 0.15) is 5.75 Å². The summed E-state index contributed by atoms with van der Waals surface area (Å²) in [6.07, 6.45) is 25.7. The van der Waals surface area contributed by atoms with Crippen molar-refractivity contribution in [2.24, 2.45) is 0 Å². The molecule has 2 aromatic carbocycles. The summed E-state index contributed by atoms with van der Waals surface area (Å²) in [4.78, 5) is 16.6. The van der Waals surface area contributed by atoms with Crippen LogP contribution in [0, 0.1) is 10.1 Å². The number of ether oxygens (including phenoxy) is 5. The second kappa shape index (κ2) is 24.2. The van der Waals surface area contributed by atoms with Gasteiger partial charge >= 0.3 is 0 Å². The van der Waals surface area contributed by atoms with Crippen LogP contribution >= 0.6 is 0 Å². The molecule has 0 amide bonds. The van der Waals surface area contributed by atoms with Crippen molar-refractivity contribution in [2.45, 2.75) is 141 Å². The molecule has 10 nitrogen and oxygen atoms in total. The van der Waals surface area contributed by atoms with Crippen molar-refractivity contribution in [1.82, 2.24) is 4.90 Å². The van der Waals surface area contributed by atoms with E-state index >= 15 is 0 Å². The first-order valence-corrected chi connectivity index (χ1v) is 22.5. The number of hydrogen-bond acceptors (Lipinski definition) is 9. The molecular weight excluding hydrogens is 719 g/mol. The Balaban J connectivity index is 1.22. The molecule has 318 valence electrons. The molecular formula is C47H73N3O7. The Morgan fingerprint density at radius 2 is 1.19 bits per heavy atom. The van der Waals surface area contributed by atoms with E-state index in [-0.39, 0.29) is 16.0 Å². The molecule has 1 saturated heterocycles. The Labute approximate surface area is 343 Å². The molecule has 10 heteroatoms. The Morgan fingerprint density at radius 3 is 1.74 bits per heavy atom. The van der Waals surface area contributed by atoms with Crippen molar-refractivity contribution in [1.29, 1.82) is 0 Å². The summed E-state index contributed by atoms with van der Waals surface area (Å²) in [5.74, 6) is 0.709. The summed E-state index contributed by atoms with van der Waals surface area (Å²) < 4.78 is 30.4. The van der Waals surface area contributed by atoms with E-state index in [4.69, 9.17) is 23.7 Å². The van der Waals surface area contributed by atoms with E-state index in [0.29, 0.717) is 78.2 Å². The topological polar surface area (TPSA) is 95.8 Å². The summed E-state index contributed by atoms with van der Waals surface area (Å²) in [6, 6.07) is 12.0. The first-order chi connectivity index (χ1) is 27.9. The van der Waals surface area contributed by atoms with E-state index in [0.717, 1.165) is 24.1 Å². The lowest BCUT2D eigenvalue weighted by molar-refractivity contribution is -0.385. The second-order valence-electron chi connectivity index (χ2n) is 16.7. The van der Waals surface area contributed by atoms with Crippen molar-refractivity contribution in [3.05, 3.63) is 69.3 Å². The average Bonchev–Trinajstić information content (AvgIpc) is 3.37. The molecule has 1 spiro atoms. The Hall–Kier alpha value is -3.02. The molecule has 1 fully saturated rings. The predicted octanol–water partition coefficient (Wildman–Crippen LogP) is 10.6. The van der Waals surface area contributed by atoms with Gasteiger partial charge in [0.2, 0.25) is 5.72 Å². The van der Waals surface area contributed by atoms with Crippen molar-refractivity contribution in [3.63, 3.8) is 0 Å². The molecule has 1 unspecified atom stereocenters. The molecule has 0 bridgehead atoms. The largest absolute Gasteiger partial charge is 0.462 e. The van der Waals surface area contributed by atoms with Crippen LogP contribution < -0.4 is 9.64 Å². The highest BCUT2D eigenvalue weighted by Gasteiger charge is 2.58. The molecule has 3 heterocycles. The molecule has 0 aromatic heterocycles. The van der Waals surface area contributed by atoms with Gasteiger partial charge in [-0.2, -0.15) is 0 Å². The van der Waals surface area contributed by atoms with Gasteiger partial charge in [-0.1, -0.05) is 121 Å². The number of rotatable bonds is 20. The highest BCUT2D eigenvalue weighted by molar-refractivity contribution is 5.74. The van der Waals surface area contributed by atoms with Crippen molar-refractivity contribution in [3.8, 4) is 5.75 Å². The van der Waals surface area contributed by atoms with Gasteiger partial charge in [0.15, 0.2) is 0 Å². The number of fused-ring (bicyclic) bond motifs is 2. The average molecular weight is 792 g/mol. The summed E-state index contributed by atoms with van der Waals surface area (Å²) in [7, 11) is 0. The van der Waals surface area contributed by atoms with Crippen LogP contribution in [0.4, 0.5) is 11.4 Å². The van der Waals surface area contributed by atoms with Gasteiger partial charge in [0, 0.05) is 55.1 Å². The molecule has 0 N–H and O–H groups in total. The van der Waals surface area contributed by atoms with Crippen molar-refractivity contribution in [2.75, 3.05) is 77.4 Å². The van der Waals surface area contributed by atoms with E-state index in [1.807, 2.05) is 0 Å². The van der Waals surface area contributed by atoms with Gasteiger partial charge < -0.3 is 28.6 Å². The summed E-state index contributed by atoms with van der Waals surface area (Å²) in [6.45, 7) is 13.5. The molecule has 57 heavy (non-hydrogen) atoms. The SMILES string of the molecule is CCCCCCCCCCCCCCCCCCN1c2ccccc2C(C)(C)C12C=Cc1cc([N+](=O)[O-])cc(CN3CCOCCOCCOCCOCC3)c1O2. The first kappa shape index (κ1) is 45.1. The molecule has 0 radical (unpaired) electrons. The molecule has 0 saturated carbocycles. The van der Waals surface area contributed by atoms with Crippen LogP contribution in [0.15, 0.2) is 42.5 Å². The Kier molecular flexibility index (Phi) is 19.1. The Morgan fingerprint density at radius 1 is 0.684 bits per heavy atom. The summed E-state index contributed by atoms with van der Waals surface area (Å²) in [5, 5.41) is 12.2. The molecule has 3 aliphatic heterocycles. The van der Waals surface area contributed by atoms with E-state index in [9.17, 15) is 10.1 Å². The molecule has 0 aliphatic carbocycles. The van der Waals surface area contributed by atoms with Crippen LogP contribution in [0.3, 0.4) is 0 Å². The molecule has 1 atom stereocenters. The minimum atomic E-state index is -0.784. The number of nitrogens with zero attached hydrogens (tertiary/aromatic N) is 3. The predicted molar refractivity (Wildman–Crippen MR) is 230 cm³/mol. The number of para-hydroxylation sites is 1. The third-order valence-corrected chi connectivity index (χ3v) is 12.2. The van der Waals surface area contributed by atoms with Crippen molar-refractivity contribution >= 4 is 17.5 Å². The summed E-state index contributed by atoms with van der Waals surface area (Å²) in [5.41, 5.74) is 2.88. The molecule has 2 aromatic rings. The number of hydrogen-bond donors (Lipinski definition) is 0. The number of nitro groups is 1. The molecule has 3 aliphatic rings. The van der Waals surface area contributed by atoms with E-state index in [1.165, 1.54) is 108 Å². The highest BCUT2D eigenvalue weighted by Crippen LogP contribution is 2.55. The van der Waals surface area contributed by atoms with Gasteiger partial charge in [-0.25, -0.2) is 0 Å². The number of anilines is 1. The maximum Gasteiger partial charge on any atom is 0.270 e. The van der Waals surface area contributed by atoms with E-state index in [1.54, 1.807) is 12.1 Å². The molecule has 5 rings (SSSR count). The van der Waals surface area contributed by atoms with Crippen LogP contribution in [-0.4, -0.2) is 88.0 Å². The quantitative estimate of drug-likeness (QED) is 0.0738. The lowest BCUT2D eigenvalue weighted by atomic mass is 9.76. The fourth-order valence-electron chi connectivity index (χ4n) is 8.75. The van der Waals surface area contributed by atoms with Crippen LogP contribution in [0.5, 0.6) is 5.75 Å². The third-order valence-electron chi connectivity index (χ3n) is 12.2. The normalized spacial score (nSPS) is 20.4. The fourth-order valence-corrected chi connectivity index (χ4v) is 8.75. The lowest BCUT2D eigenvalue weighted by Crippen LogP contribution is -2.59. The zero-order valence-electron chi connectivity index (χ0n) is 35.6. The standard InChI is InChI=1S/C47H73N3O7/c1-4-5-6-7-8-9-10-11-12-13-14-15-16-17-18-21-26-49-44-23-20-19-22-43(44)46(2,3)47(49)25-24-40-37-42(50(51)52)38-41(45(40)57-47)39-48-27-29-53-31-33-55-35-36-56-34-32-54-30-28-48/h19-20,22-25,37-38H,4-18,21,26-36,39H2,1-3H3. The minimum absolute atomic E-state index is 0.0621. The van der Waals surface area contributed by atoms with E-state index in [2.05, 4.69) is 67.0 Å². The zero-order valence-corrected chi connectivity index (χ0v) is 35.6. The van der Waals surface area contributed by atoms with Gasteiger partial charge in [0.05, 0.1) is 63.2 Å². The smallest absolute Gasteiger partial charge is 0.270 e. The van der Waals surface area contributed by atoms with Crippen LogP contribution in [0.2, 0.25) is 0 Å². The van der Waals surface area contributed by atoms with Crippen LogP contribution in [0.1, 0.15) is 140 Å². The Bertz CT molecular complexity index is 1500. The van der Waals surface area contributed by atoms with Gasteiger partial charge in [-0.15, -0.1) is 0 Å². The summed E-state index contributed by atoms with van der Waals surface area (Å²) >= 11 is 0. The van der Waals surface area contributed by atoms with Crippen LogP contribution in [-0.2, 0) is 30.9 Å². The number of unbranched alkanes of at least 4 members (excludes halogenated alkanes) is 15. The lowest BCUT2D eigenvalue weighted by Gasteiger charge is -2.47.